The lowest BCUT2D eigenvalue weighted by Crippen LogP contribution is -2.50. The summed E-state index contributed by atoms with van der Waals surface area (Å²) >= 11 is 0. The second kappa shape index (κ2) is 19.3. The average Bonchev–Trinajstić information content (AvgIpc) is 4.08. The first kappa shape index (κ1) is 52.0. The molecule has 16 atom stereocenters. The number of aliphatic hydroxyl groups excluding tert-OH is 2. The molecule has 4 saturated heterocycles. The second-order valence-corrected chi connectivity index (χ2v) is 22.4. The largest absolute Gasteiger partial charge is 0.490 e. The van der Waals surface area contributed by atoms with Gasteiger partial charge in [0, 0.05) is 7.11 Å². The summed E-state index contributed by atoms with van der Waals surface area (Å²) in [6.07, 6.45) is -10.8. The highest BCUT2D eigenvalue weighted by molar-refractivity contribution is 7.66. The van der Waals surface area contributed by atoms with E-state index in [4.69, 9.17) is 58.0 Å². The van der Waals surface area contributed by atoms with Crippen molar-refractivity contribution in [3.8, 4) is 0 Å². The number of nitrogens with one attached hydrogen (secondary N) is 1. The van der Waals surface area contributed by atoms with Crippen molar-refractivity contribution in [3.05, 3.63) is 29.3 Å². The predicted molar refractivity (Wildman–Crippen MR) is 224 cm³/mol. The van der Waals surface area contributed by atoms with Gasteiger partial charge < -0.3 is 69.7 Å². The van der Waals surface area contributed by atoms with Crippen LogP contribution in [-0.2, 0) is 80.4 Å². The summed E-state index contributed by atoms with van der Waals surface area (Å²) < 4.78 is 121. The molecule has 7 unspecified atom stereocenters. The van der Waals surface area contributed by atoms with Gasteiger partial charge in [-0.2, -0.15) is 8.62 Å². The van der Waals surface area contributed by atoms with Crippen LogP contribution in [0.2, 0.25) is 0 Å². The van der Waals surface area contributed by atoms with E-state index < -0.39 is 136 Å². The van der Waals surface area contributed by atoms with Gasteiger partial charge in [-0.1, -0.05) is 4.98 Å². The molecule has 2 bridgehead atoms. The number of nitrogen functional groups attached to an aromatic ring is 2. The Morgan fingerprint density at radius 3 is 2.29 bits per heavy atom. The summed E-state index contributed by atoms with van der Waals surface area (Å²) in [5.74, 6) is -0.276. The molecule has 4 aliphatic rings. The SMILES string of the molecule is COC1[C@@H](OP(=O)(O)OC[C@H]2O[C@@H](C)C(O)[C@H]2OC(C)C)[C@@H](COP(=O)(O)OP(=O)(O)OP(=O)(O)OC[C@@]23COC([C@H]([n+]4cn(C)c5c(=O)[nH]c(N)nc54)O2)[C@H]3O)O[C@H]1n1cnc2c(N)ncnc21. The van der Waals surface area contributed by atoms with Crippen LogP contribution in [0.25, 0.3) is 22.3 Å². The summed E-state index contributed by atoms with van der Waals surface area (Å²) in [5, 5.41) is 21.7. The van der Waals surface area contributed by atoms with Crippen molar-refractivity contribution in [1.82, 2.24) is 34.1 Å². The zero-order chi connectivity index (χ0) is 50.2. The molecule has 0 amide bonds. The first-order valence-corrected chi connectivity index (χ1v) is 26.4. The molecule has 0 aliphatic carbocycles. The summed E-state index contributed by atoms with van der Waals surface area (Å²) in [6, 6.07) is 0. The standard InChI is InChI=1S/C32H48N10O23P4/c1-13(2)59-20-15(60-14(3)19(20)43)6-56-66(46,47)63-21-16(61-29(22(21)54-5)41-11-37-17-25(33)35-10-36-26(17)41)7-57-67(48,49)64-69(52,53)65-68(50,51)58-9-32-8-55-23(24(32)44)30(62-32)42-12-40(4)18-27(42)38-31(34)39-28(18)45/h10-16,19-24,29-30,43-44H,6-9H2,1-5H3,(H8-,33,34,35,36,38,39,45,46,47,48,49,50,51,52,53)/p+1/t14-,15+,16+,19?,20-,21-,22?,23?,24+,29+,30+,32+/m0/s1. The van der Waals surface area contributed by atoms with Crippen LogP contribution in [0.1, 0.15) is 33.2 Å². The Labute approximate surface area is 387 Å². The molecular formula is C32H49N10O23P4+. The van der Waals surface area contributed by atoms with Crippen LogP contribution in [0, 0.1) is 0 Å². The molecule has 8 heterocycles. The Morgan fingerprint density at radius 2 is 1.61 bits per heavy atom. The van der Waals surface area contributed by atoms with E-state index >= 15 is 0 Å². The van der Waals surface area contributed by atoms with Crippen LogP contribution in [0.15, 0.2) is 23.8 Å². The van der Waals surface area contributed by atoms with Gasteiger partial charge in [-0.05, 0) is 20.8 Å². The van der Waals surface area contributed by atoms with Crippen LogP contribution >= 0.6 is 31.3 Å². The highest BCUT2D eigenvalue weighted by atomic mass is 31.3. The minimum atomic E-state index is -6.13. The summed E-state index contributed by atoms with van der Waals surface area (Å²) in [5.41, 5.74) is 9.42. The molecule has 0 spiro atoms. The van der Waals surface area contributed by atoms with Crippen molar-refractivity contribution in [2.75, 3.05) is 45.0 Å². The molecule has 37 heteroatoms. The maximum atomic E-state index is 13.6. The van der Waals surface area contributed by atoms with Gasteiger partial charge in [0.1, 0.15) is 66.3 Å². The number of methoxy groups -OCH3 is 1. The zero-order valence-electron chi connectivity index (χ0n) is 36.7. The van der Waals surface area contributed by atoms with Crippen LogP contribution < -0.4 is 21.6 Å². The number of nitrogens with two attached hydrogens (primary N) is 2. The van der Waals surface area contributed by atoms with Crippen molar-refractivity contribution in [1.29, 1.82) is 0 Å². The normalized spacial score (nSPS) is 33.8. The van der Waals surface area contributed by atoms with E-state index in [9.17, 15) is 52.8 Å². The molecular weight excluding hydrogens is 1020 g/mol. The first-order chi connectivity index (χ1) is 32.2. The summed E-state index contributed by atoms with van der Waals surface area (Å²) in [7, 11) is -20.3. The van der Waals surface area contributed by atoms with Gasteiger partial charge in [-0.15, -0.1) is 0 Å². The number of H-pyrrole nitrogens is 1. The van der Waals surface area contributed by atoms with Gasteiger partial charge in [0.15, 0.2) is 24.0 Å². The zero-order valence-corrected chi connectivity index (χ0v) is 40.3. The molecule has 384 valence electrons. The highest BCUT2D eigenvalue weighted by Gasteiger charge is 2.64. The van der Waals surface area contributed by atoms with E-state index in [1.54, 1.807) is 20.8 Å². The lowest BCUT2D eigenvalue weighted by Gasteiger charge is -2.29. The van der Waals surface area contributed by atoms with E-state index in [-0.39, 0.29) is 40.2 Å². The Kier molecular flexibility index (Phi) is 14.5. The third-order valence-electron chi connectivity index (χ3n) is 11.2. The summed E-state index contributed by atoms with van der Waals surface area (Å²) in [6.45, 7) is 1.67. The van der Waals surface area contributed by atoms with E-state index in [0.29, 0.717) is 0 Å². The van der Waals surface area contributed by atoms with Crippen LogP contribution in [-0.4, -0.2) is 164 Å². The number of fused-ring (bicyclic) bond motifs is 4. The molecule has 4 aromatic rings. The fourth-order valence-corrected chi connectivity index (χ4v) is 12.8. The molecule has 4 aliphatic heterocycles. The monoisotopic (exact) mass is 1070 g/mol. The maximum Gasteiger partial charge on any atom is 0.490 e. The number of rotatable bonds is 20. The second-order valence-electron chi connectivity index (χ2n) is 16.4. The minimum absolute atomic E-state index is 0.0252. The maximum absolute atomic E-state index is 13.6. The minimum Gasteiger partial charge on any atom is -0.388 e. The van der Waals surface area contributed by atoms with E-state index in [0.717, 1.165) is 13.4 Å². The van der Waals surface area contributed by atoms with Gasteiger partial charge >= 0.3 is 36.9 Å². The van der Waals surface area contributed by atoms with Crippen LogP contribution in [0.4, 0.5) is 11.8 Å². The highest BCUT2D eigenvalue weighted by Crippen LogP contribution is 2.68. The van der Waals surface area contributed by atoms with E-state index in [1.165, 1.54) is 33.4 Å². The third-order valence-corrected chi connectivity index (χ3v) is 16.5. The Morgan fingerprint density at radius 1 is 0.942 bits per heavy atom. The van der Waals surface area contributed by atoms with Gasteiger partial charge in [-0.3, -0.25) is 37.0 Å². The molecule has 0 saturated carbocycles. The van der Waals surface area contributed by atoms with Gasteiger partial charge in [-0.25, -0.2) is 37.8 Å². The smallest absolute Gasteiger partial charge is 0.388 e. The molecule has 4 fully saturated rings. The quantitative estimate of drug-likeness (QED) is 0.0352. The van der Waals surface area contributed by atoms with Crippen molar-refractivity contribution in [3.63, 3.8) is 0 Å². The molecule has 0 aromatic carbocycles. The number of hydrogen-bond acceptors (Lipinski definition) is 25. The van der Waals surface area contributed by atoms with Gasteiger partial charge in [0.2, 0.25) is 11.7 Å². The number of aromatic nitrogens is 8. The number of imidazole rings is 2. The first-order valence-electron chi connectivity index (χ1n) is 20.4. The molecule has 8 rings (SSSR count). The van der Waals surface area contributed by atoms with Gasteiger partial charge in [0.25, 0.3) is 11.5 Å². The number of anilines is 2. The molecule has 4 aromatic heterocycles. The third kappa shape index (κ3) is 10.6. The molecule has 0 radical (unpaired) electrons. The van der Waals surface area contributed by atoms with Gasteiger partial charge in [0.05, 0.1) is 52.0 Å². The van der Waals surface area contributed by atoms with Crippen molar-refractivity contribution in [2.24, 2.45) is 7.05 Å². The number of phosphoric acid groups is 4. The number of hydrogen-bond donors (Lipinski definition) is 9. The van der Waals surface area contributed by atoms with Crippen LogP contribution in [0.3, 0.4) is 0 Å². The van der Waals surface area contributed by atoms with Crippen molar-refractivity contribution >= 4 is 65.4 Å². The molecule has 69 heavy (non-hydrogen) atoms. The van der Waals surface area contributed by atoms with Crippen molar-refractivity contribution < 1.29 is 108 Å². The molecule has 33 nitrogen and oxygen atoms in total. The lowest BCUT2D eigenvalue weighted by atomic mass is 10.0. The van der Waals surface area contributed by atoms with E-state index in [1.807, 2.05) is 0 Å². The number of ether oxygens (including phenoxy) is 6. The van der Waals surface area contributed by atoms with Crippen LogP contribution in [0.5, 0.6) is 0 Å². The number of nitrogens with zero attached hydrogens (tertiary/aromatic N) is 7. The fourth-order valence-electron chi connectivity index (χ4n) is 8.26. The number of phosphoric ester groups is 3. The predicted octanol–water partition coefficient (Wildman–Crippen LogP) is -1.70. The van der Waals surface area contributed by atoms with Crippen molar-refractivity contribution in [2.45, 2.75) is 99.9 Å². The topological polar surface area (TPSA) is 451 Å². The Bertz CT molecular complexity index is 2820. The van der Waals surface area contributed by atoms with E-state index in [2.05, 4.69) is 33.5 Å². The Balaban J connectivity index is 0.938. The lowest BCUT2D eigenvalue weighted by molar-refractivity contribution is -0.752. The number of aryl methyl sites for hydroxylation is 1. The summed E-state index contributed by atoms with van der Waals surface area (Å²) in [4.78, 5) is 73.7. The fraction of sp³-hybridized carbons (Fsp3) is 0.688. The number of aliphatic hydroxyl groups is 2. The average molecular weight is 1070 g/mol. The Hall–Kier alpha value is -3.30. The molecule has 11 N–H and O–H groups in total. The number of aromatic amines is 1.